The van der Waals surface area contributed by atoms with E-state index in [2.05, 4.69) is 20.6 Å². The maximum absolute atomic E-state index is 13.6. The van der Waals surface area contributed by atoms with Crippen LogP contribution in [0.15, 0.2) is 58.8 Å². The van der Waals surface area contributed by atoms with Gasteiger partial charge in [-0.1, -0.05) is 43.0 Å². The first-order valence-electron chi connectivity index (χ1n) is 8.46. The van der Waals surface area contributed by atoms with Crippen LogP contribution in [-0.4, -0.2) is 32.2 Å². The van der Waals surface area contributed by atoms with E-state index >= 15 is 0 Å². The molecule has 0 radical (unpaired) electrons. The molecule has 0 spiro atoms. The number of halogens is 1. The van der Waals surface area contributed by atoms with Crippen LogP contribution in [0.5, 0.6) is 0 Å². The maximum Gasteiger partial charge on any atom is 0.224 e. The van der Waals surface area contributed by atoms with E-state index in [0.29, 0.717) is 28.7 Å². The quantitative estimate of drug-likeness (QED) is 0.746. The van der Waals surface area contributed by atoms with Crippen LogP contribution in [0, 0.1) is 5.82 Å². The van der Waals surface area contributed by atoms with Crippen molar-refractivity contribution in [3.63, 3.8) is 0 Å². The van der Waals surface area contributed by atoms with Gasteiger partial charge in [0.25, 0.3) is 0 Å². The first-order chi connectivity index (χ1) is 13.1. The van der Waals surface area contributed by atoms with Crippen molar-refractivity contribution in [1.82, 2.24) is 14.9 Å². The highest BCUT2D eigenvalue weighted by Crippen LogP contribution is 2.28. The molecule has 2 aromatic carbocycles. The van der Waals surface area contributed by atoms with Crippen LogP contribution in [0.2, 0.25) is 0 Å². The number of rotatable bonds is 4. The third kappa shape index (κ3) is 3.61. The second-order valence-corrected chi connectivity index (χ2v) is 6.89. The van der Waals surface area contributed by atoms with Gasteiger partial charge in [0.15, 0.2) is 5.82 Å². The average molecular weight is 381 g/mol. The Labute approximate surface area is 159 Å². The Kier molecular flexibility index (Phi) is 4.72. The highest BCUT2D eigenvalue weighted by molar-refractivity contribution is 7.99. The molecule has 27 heavy (non-hydrogen) atoms. The van der Waals surface area contributed by atoms with Gasteiger partial charge in [-0.15, -0.1) is 10.2 Å². The summed E-state index contributed by atoms with van der Waals surface area (Å²) in [5, 5.41) is 16.5. The van der Waals surface area contributed by atoms with Crippen LogP contribution in [0.1, 0.15) is 18.9 Å². The minimum absolute atomic E-state index is 0.0258. The van der Waals surface area contributed by atoms with Crippen LogP contribution in [0.4, 0.5) is 10.1 Å². The predicted molar refractivity (Wildman–Crippen MR) is 103 cm³/mol. The van der Waals surface area contributed by atoms with Gasteiger partial charge >= 0.3 is 0 Å². The van der Waals surface area contributed by atoms with Gasteiger partial charge in [-0.05, 0) is 29.8 Å². The van der Waals surface area contributed by atoms with E-state index < -0.39 is 0 Å². The molecule has 0 aliphatic carbocycles. The lowest BCUT2D eigenvalue weighted by Gasteiger charge is -2.14. The van der Waals surface area contributed by atoms with E-state index in [-0.39, 0.29) is 11.7 Å². The maximum atomic E-state index is 13.6. The van der Waals surface area contributed by atoms with E-state index in [9.17, 15) is 9.18 Å². The van der Waals surface area contributed by atoms with Crippen LogP contribution in [-0.2, 0) is 4.79 Å². The summed E-state index contributed by atoms with van der Waals surface area (Å²) in [7, 11) is 0. The number of carbonyl (C=O) groups excluding carboxylic acids is 1. The summed E-state index contributed by atoms with van der Waals surface area (Å²) in [6.07, 6.45) is 0.435. The minimum atomic E-state index is -0.331. The van der Waals surface area contributed by atoms with E-state index in [1.807, 2.05) is 31.2 Å². The van der Waals surface area contributed by atoms with Crippen molar-refractivity contribution in [3.05, 3.63) is 59.9 Å². The number of hydrogen-bond acceptors (Lipinski definition) is 5. The molecule has 0 saturated heterocycles. The van der Waals surface area contributed by atoms with Crippen molar-refractivity contribution >= 4 is 29.1 Å². The number of nitrogens with zero attached hydrogens (tertiary/aromatic N) is 4. The van der Waals surface area contributed by atoms with E-state index in [4.69, 9.17) is 0 Å². The molecule has 8 heteroatoms. The summed E-state index contributed by atoms with van der Waals surface area (Å²) in [6, 6.07) is 13.8. The summed E-state index contributed by atoms with van der Waals surface area (Å²) < 4.78 is 15.2. The van der Waals surface area contributed by atoms with Crippen LogP contribution >= 0.6 is 11.8 Å². The molecule has 1 amide bonds. The first-order valence-corrected chi connectivity index (χ1v) is 9.45. The molecular weight excluding hydrogens is 365 g/mol. The lowest BCUT2D eigenvalue weighted by atomic mass is 10.1. The summed E-state index contributed by atoms with van der Waals surface area (Å²) >= 11 is 1.52. The van der Waals surface area contributed by atoms with Gasteiger partial charge in [-0.25, -0.2) is 4.39 Å². The molecule has 0 unspecified atom stereocenters. The summed E-state index contributed by atoms with van der Waals surface area (Å²) in [4.78, 5) is 11.5. The zero-order chi connectivity index (χ0) is 18.8. The molecule has 1 aliphatic heterocycles. The molecule has 2 heterocycles. The molecule has 0 saturated carbocycles. The Morgan fingerprint density at radius 2 is 2.00 bits per heavy atom. The highest BCUT2D eigenvalue weighted by atomic mass is 32.2. The monoisotopic (exact) mass is 381 g/mol. The number of hydrogen-bond donors (Lipinski definition) is 1. The molecule has 1 N–H and O–H groups in total. The molecule has 136 valence electrons. The van der Waals surface area contributed by atoms with Gasteiger partial charge in [0.1, 0.15) is 5.82 Å². The number of benzene rings is 2. The van der Waals surface area contributed by atoms with Crippen LogP contribution in [0.25, 0.3) is 11.4 Å². The van der Waals surface area contributed by atoms with E-state index in [1.54, 1.807) is 16.8 Å². The number of nitrogens with one attached hydrogen (secondary N) is 1. The van der Waals surface area contributed by atoms with E-state index in [0.717, 1.165) is 17.0 Å². The van der Waals surface area contributed by atoms with Gasteiger partial charge < -0.3 is 5.32 Å². The fourth-order valence-corrected chi connectivity index (χ4v) is 3.51. The van der Waals surface area contributed by atoms with Crippen LogP contribution < -0.4 is 5.32 Å². The second-order valence-electron chi connectivity index (χ2n) is 5.94. The third-order valence-corrected chi connectivity index (χ3v) is 5.01. The Bertz CT molecular complexity index is 1030. The van der Waals surface area contributed by atoms with Gasteiger partial charge in [0, 0.05) is 23.4 Å². The molecule has 6 nitrogen and oxygen atoms in total. The van der Waals surface area contributed by atoms with Gasteiger partial charge in [-0.2, -0.15) is 9.78 Å². The van der Waals surface area contributed by atoms with Crippen LogP contribution in [0.3, 0.4) is 0 Å². The normalized spacial score (nSPS) is 13.0. The van der Waals surface area contributed by atoms with Crippen molar-refractivity contribution in [3.8, 4) is 11.4 Å². The summed E-state index contributed by atoms with van der Waals surface area (Å²) in [6.45, 7) is 1.81. The molecular formula is C19H16FN5OS. The average Bonchev–Trinajstić information content (AvgIpc) is 3.11. The molecule has 1 aliphatic rings. The van der Waals surface area contributed by atoms with Crippen molar-refractivity contribution in [2.24, 2.45) is 5.10 Å². The standard InChI is InChI=1S/C19H16FN5OS/c1-2-17(26)21-15-8-6-12(7-9-15)16-11-27-19-23-22-18(25(19)24-16)13-4-3-5-14(20)10-13/h3-10H,2,11H2,1H3,(H,21,26). The number of thioether (sulfide) groups is 1. The summed E-state index contributed by atoms with van der Waals surface area (Å²) in [5.74, 6) is 0.799. The Morgan fingerprint density at radius 3 is 2.74 bits per heavy atom. The number of anilines is 1. The van der Waals surface area contributed by atoms with Crippen molar-refractivity contribution in [1.29, 1.82) is 0 Å². The zero-order valence-corrected chi connectivity index (χ0v) is 15.3. The molecule has 0 fully saturated rings. The predicted octanol–water partition coefficient (Wildman–Crippen LogP) is 3.79. The smallest absolute Gasteiger partial charge is 0.224 e. The van der Waals surface area contributed by atoms with Crippen molar-refractivity contribution in [2.75, 3.05) is 11.1 Å². The molecule has 0 atom stereocenters. The van der Waals surface area contributed by atoms with E-state index in [1.165, 1.54) is 23.9 Å². The molecule has 0 bridgehead atoms. The molecule has 4 rings (SSSR count). The van der Waals surface area contributed by atoms with Gasteiger partial charge in [0.05, 0.1) is 5.71 Å². The summed E-state index contributed by atoms with van der Waals surface area (Å²) in [5.41, 5.74) is 3.18. The van der Waals surface area contributed by atoms with Crippen molar-refractivity contribution < 1.29 is 9.18 Å². The lowest BCUT2D eigenvalue weighted by molar-refractivity contribution is -0.115. The minimum Gasteiger partial charge on any atom is -0.326 e. The first kappa shape index (κ1) is 17.4. The largest absolute Gasteiger partial charge is 0.326 e. The number of amides is 1. The Morgan fingerprint density at radius 1 is 1.19 bits per heavy atom. The number of carbonyl (C=O) groups is 1. The highest BCUT2D eigenvalue weighted by Gasteiger charge is 2.21. The Hall–Kier alpha value is -3.00. The lowest BCUT2D eigenvalue weighted by Crippen LogP contribution is -2.14. The molecule has 3 aromatic rings. The number of aromatic nitrogens is 3. The fraction of sp³-hybridized carbons (Fsp3) is 0.158. The van der Waals surface area contributed by atoms with Crippen molar-refractivity contribution in [2.45, 2.75) is 18.5 Å². The number of fused-ring (bicyclic) bond motifs is 1. The third-order valence-electron chi connectivity index (χ3n) is 4.08. The SMILES string of the molecule is CCC(=O)Nc1ccc(C2=Nn3c(nnc3-c3cccc(F)c3)SC2)cc1. The molecule has 1 aromatic heterocycles. The van der Waals surface area contributed by atoms with Gasteiger partial charge in [0.2, 0.25) is 11.1 Å². The zero-order valence-electron chi connectivity index (χ0n) is 14.5. The second kappa shape index (κ2) is 7.32. The topological polar surface area (TPSA) is 72.2 Å². The fourth-order valence-electron chi connectivity index (χ4n) is 2.67. The Balaban J connectivity index is 1.65. The van der Waals surface area contributed by atoms with Gasteiger partial charge in [-0.3, -0.25) is 4.79 Å².